The summed E-state index contributed by atoms with van der Waals surface area (Å²) < 4.78 is 10.9. The highest BCUT2D eigenvalue weighted by Crippen LogP contribution is 2.45. The first-order chi connectivity index (χ1) is 12.1. The van der Waals surface area contributed by atoms with E-state index in [1.165, 1.54) is 0 Å². The fraction of sp³-hybridized carbons (Fsp3) is 0.278. The predicted molar refractivity (Wildman–Crippen MR) is 102 cm³/mol. The maximum absolute atomic E-state index is 13.0. The van der Waals surface area contributed by atoms with E-state index in [4.69, 9.17) is 32.7 Å². The van der Waals surface area contributed by atoms with Crippen molar-refractivity contribution in [3.8, 4) is 11.5 Å². The van der Waals surface area contributed by atoms with Gasteiger partial charge in [0.05, 0.1) is 24.3 Å². The average Bonchev–Trinajstić information content (AvgIpc) is 3.12. The normalized spacial score (nSPS) is 16.8. The van der Waals surface area contributed by atoms with Crippen LogP contribution in [0.5, 0.6) is 11.5 Å². The quantitative estimate of drug-likeness (QED) is 0.735. The fourth-order valence-corrected chi connectivity index (χ4v) is 4.41. The van der Waals surface area contributed by atoms with Gasteiger partial charge in [-0.05, 0) is 24.3 Å². The number of amides is 1. The maximum atomic E-state index is 13.0. The van der Waals surface area contributed by atoms with Crippen molar-refractivity contribution in [1.82, 2.24) is 4.90 Å². The molecule has 132 valence electrons. The van der Waals surface area contributed by atoms with Crippen molar-refractivity contribution >= 4 is 40.9 Å². The summed E-state index contributed by atoms with van der Waals surface area (Å²) in [6, 6.07) is 10.6. The van der Waals surface area contributed by atoms with Crippen LogP contribution < -0.4 is 9.47 Å². The van der Waals surface area contributed by atoms with Crippen molar-refractivity contribution in [2.75, 3.05) is 26.5 Å². The lowest BCUT2D eigenvalue weighted by Gasteiger charge is -2.26. The lowest BCUT2D eigenvalue weighted by molar-refractivity contribution is 0.0759. The van der Waals surface area contributed by atoms with Gasteiger partial charge in [-0.2, -0.15) is 0 Å². The first-order valence-electron chi connectivity index (χ1n) is 7.65. The highest BCUT2D eigenvalue weighted by Gasteiger charge is 2.34. The molecule has 0 spiro atoms. The zero-order chi connectivity index (χ0) is 18.0. The minimum Gasteiger partial charge on any atom is -0.493 e. The van der Waals surface area contributed by atoms with Gasteiger partial charge < -0.3 is 14.4 Å². The molecule has 2 aromatic carbocycles. The number of ether oxygens (including phenoxy) is 2. The van der Waals surface area contributed by atoms with Crippen LogP contribution >= 0.6 is 35.0 Å². The number of hydrogen-bond donors (Lipinski definition) is 0. The van der Waals surface area contributed by atoms with Crippen LogP contribution in [0.4, 0.5) is 0 Å². The van der Waals surface area contributed by atoms with Crippen molar-refractivity contribution in [3.63, 3.8) is 0 Å². The van der Waals surface area contributed by atoms with E-state index >= 15 is 0 Å². The number of nitrogens with zero attached hydrogens (tertiary/aromatic N) is 1. The van der Waals surface area contributed by atoms with E-state index < -0.39 is 0 Å². The van der Waals surface area contributed by atoms with Crippen LogP contribution in [0.3, 0.4) is 0 Å². The number of methoxy groups -OCH3 is 2. The number of carbonyl (C=O) groups is 1. The SMILES string of the molecule is COc1cccc(C2SCCN2C(=O)c2ccc(Cl)c(Cl)c2)c1OC. The summed E-state index contributed by atoms with van der Waals surface area (Å²) in [6.07, 6.45) is 0. The van der Waals surface area contributed by atoms with Gasteiger partial charge in [-0.15, -0.1) is 11.8 Å². The first kappa shape index (κ1) is 18.2. The molecular weight excluding hydrogens is 381 g/mol. The molecule has 3 rings (SSSR count). The van der Waals surface area contributed by atoms with Crippen LogP contribution in [-0.4, -0.2) is 37.3 Å². The van der Waals surface area contributed by atoms with Gasteiger partial charge in [0, 0.05) is 23.4 Å². The van der Waals surface area contributed by atoms with Gasteiger partial charge in [-0.1, -0.05) is 35.3 Å². The summed E-state index contributed by atoms with van der Waals surface area (Å²) in [7, 11) is 3.20. The molecule has 1 aliphatic rings. The van der Waals surface area contributed by atoms with Crippen LogP contribution in [0.15, 0.2) is 36.4 Å². The second-order valence-corrected chi connectivity index (χ2v) is 7.44. The Morgan fingerprint density at radius 2 is 1.96 bits per heavy atom. The van der Waals surface area contributed by atoms with Gasteiger partial charge >= 0.3 is 0 Å². The molecule has 1 aliphatic heterocycles. The zero-order valence-electron chi connectivity index (χ0n) is 13.8. The third kappa shape index (κ3) is 3.54. The third-order valence-corrected chi connectivity index (χ3v) is 6.00. The number of para-hydroxylation sites is 1. The molecule has 0 radical (unpaired) electrons. The molecule has 4 nitrogen and oxygen atoms in total. The lowest BCUT2D eigenvalue weighted by atomic mass is 10.1. The largest absolute Gasteiger partial charge is 0.493 e. The van der Waals surface area contributed by atoms with Crippen molar-refractivity contribution in [1.29, 1.82) is 0 Å². The third-order valence-electron chi connectivity index (χ3n) is 4.02. The fourth-order valence-electron chi connectivity index (χ4n) is 2.84. The van der Waals surface area contributed by atoms with E-state index in [2.05, 4.69) is 0 Å². The zero-order valence-corrected chi connectivity index (χ0v) is 16.1. The smallest absolute Gasteiger partial charge is 0.255 e. The highest BCUT2D eigenvalue weighted by molar-refractivity contribution is 7.99. The molecule has 1 heterocycles. The Bertz CT molecular complexity index is 800. The number of halogens is 2. The molecule has 1 amide bonds. The van der Waals surface area contributed by atoms with Crippen LogP contribution in [0.2, 0.25) is 10.0 Å². The van der Waals surface area contributed by atoms with Gasteiger partial charge in [0.25, 0.3) is 5.91 Å². The number of hydrogen-bond acceptors (Lipinski definition) is 4. The van der Waals surface area contributed by atoms with E-state index in [1.54, 1.807) is 44.2 Å². The van der Waals surface area contributed by atoms with Gasteiger partial charge in [-0.3, -0.25) is 4.79 Å². The highest BCUT2D eigenvalue weighted by atomic mass is 35.5. The Kier molecular flexibility index (Phi) is 5.67. The summed E-state index contributed by atoms with van der Waals surface area (Å²) in [6.45, 7) is 0.648. The summed E-state index contributed by atoms with van der Waals surface area (Å²) in [5, 5.41) is 0.655. The van der Waals surface area contributed by atoms with Crippen LogP contribution in [-0.2, 0) is 0 Å². The molecule has 1 fully saturated rings. The number of carbonyl (C=O) groups excluding carboxylic acids is 1. The Morgan fingerprint density at radius 1 is 1.16 bits per heavy atom. The summed E-state index contributed by atoms with van der Waals surface area (Å²) in [5.41, 5.74) is 1.43. The molecule has 7 heteroatoms. The molecule has 1 unspecified atom stereocenters. The van der Waals surface area contributed by atoms with Crippen LogP contribution in [0.25, 0.3) is 0 Å². The van der Waals surface area contributed by atoms with E-state index in [9.17, 15) is 4.79 Å². The Balaban J connectivity index is 1.95. The van der Waals surface area contributed by atoms with Gasteiger partial charge in [0.1, 0.15) is 5.37 Å². The second kappa shape index (κ2) is 7.77. The van der Waals surface area contributed by atoms with E-state index in [0.29, 0.717) is 33.7 Å². The maximum Gasteiger partial charge on any atom is 0.255 e. The molecule has 2 aromatic rings. The van der Waals surface area contributed by atoms with Crippen LogP contribution in [0.1, 0.15) is 21.3 Å². The van der Waals surface area contributed by atoms with Crippen molar-refractivity contribution < 1.29 is 14.3 Å². The molecule has 0 saturated carbocycles. The van der Waals surface area contributed by atoms with Crippen molar-refractivity contribution in [3.05, 3.63) is 57.6 Å². The topological polar surface area (TPSA) is 38.8 Å². The number of rotatable bonds is 4. The van der Waals surface area contributed by atoms with Gasteiger partial charge in [-0.25, -0.2) is 0 Å². The number of benzene rings is 2. The second-order valence-electron chi connectivity index (χ2n) is 5.43. The summed E-state index contributed by atoms with van der Waals surface area (Å²) in [4.78, 5) is 14.8. The minimum atomic E-state index is -0.146. The Morgan fingerprint density at radius 3 is 2.64 bits per heavy atom. The molecule has 1 saturated heterocycles. The molecule has 1 atom stereocenters. The summed E-state index contributed by atoms with van der Waals surface area (Å²) in [5.74, 6) is 2.06. The first-order valence-corrected chi connectivity index (χ1v) is 9.45. The molecule has 0 bridgehead atoms. The van der Waals surface area contributed by atoms with Crippen molar-refractivity contribution in [2.24, 2.45) is 0 Å². The lowest BCUT2D eigenvalue weighted by Crippen LogP contribution is -2.30. The monoisotopic (exact) mass is 397 g/mol. The minimum absolute atomic E-state index is 0.0848. The van der Waals surface area contributed by atoms with Crippen molar-refractivity contribution in [2.45, 2.75) is 5.37 Å². The summed E-state index contributed by atoms with van der Waals surface area (Å²) >= 11 is 13.7. The van der Waals surface area contributed by atoms with Gasteiger partial charge in [0.15, 0.2) is 11.5 Å². The Hall–Kier alpha value is -1.56. The molecular formula is C18H17Cl2NO3S. The molecule has 25 heavy (non-hydrogen) atoms. The standard InChI is InChI=1S/C18H17Cl2NO3S/c1-23-15-5-3-4-12(16(15)24-2)18-21(8-9-25-18)17(22)11-6-7-13(19)14(20)10-11/h3-7,10,18H,8-9H2,1-2H3. The molecule has 0 aliphatic carbocycles. The van der Waals surface area contributed by atoms with Gasteiger partial charge in [0.2, 0.25) is 0 Å². The van der Waals surface area contributed by atoms with E-state index in [0.717, 1.165) is 11.3 Å². The molecule has 0 aromatic heterocycles. The number of thioether (sulfide) groups is 1. The predicted octanol–water partition coefficient (Wildman–Crippen LogP) is 4.90. The Labute approximate surface area is 161 Å². The average molecular weight is 398 g/mol. The van der Waals surface area contributed by atoms with Crippen LogP contribution in [0, 0.1) is 0 Å². The van der Waals surface area contributed by atoms with E-state index in [-0.39, 0.29) is 11.3 Å². The molecule has 0 N–H and O–H groups in total. The van der Waals surface area contributed by atoms with E-state index in [1.807, 2.05) is 23.1 Å².